The van der Waals surface area contributed by atoms with Gasteiger partial charge in [-0.3, -0.25) is 10.4 Å². The molecule has 0 aliphatic rings. The van der Waals surface area contributed by atoms with E-state index < -0.39 is 0 Å². The molecule has 6 nitrogen and oxygen atoms in total. The van der Waals surface area contributed by atoms with E-state index in [0.717, 1.165) is 5.56 Å². The van der Waals surface area contributed by atoms with Gasteiger partial charge in [0.25, 0.3) is 0 Å². The van der Waals surface area contributed by atoms with Crippen molar-refractivity contribution >= 4 is 22.7 Å². The number of aromatic hydroxyl groups is 1. The van der Waals surface area contributed by atoms with Crippen LogP contribution in [0.15, 0.2) is 53.2 Å². The van der Waals surface area contributed by atoms with Crippen LogP contribution in [-0.2, 0) is 0 Å². The summed E-state index contributed by atoms with van der Waals surface area (Å²) >= 11 is 1.40. The maximum Gasteiger partial charge on any atom is 0.203 e. The average Bonchev–Trinajstić information content (AvgIpc) is 3.05. The Bertz CT molecular complexity index is 818. The van der Waals surface area contributed by atoms with E-state index in [1.165, 1.54) is 11.3 Å². The molecule has 0 aliphatic heterocycles. The third kappa shape index (κ3) is 3.64. The normalized spacial score (nSPS) is 10.8. The number of aromatic nitrogens is 2. The highest BCUT2D eigenvalue weighted by atomic mass is 32.1. The van der Waals surface area contributed by atoms with Gasteiger partial charge in [-0.1, -0.05) is 0 Å². The lowest BCUT2D eigenvalue weighted by atomic mass is 10.1. The van der Waals surface area contributed by atoms with Gasteiger partial charge in [0.2, 0.25) is 5.13 Å². The summed E-state index contributed by atoms with van der Waals surface area (Å²) in [5.41, 5.74) is 5.09. The molecule has 0 bridgehead atoms. The molecule has 0 atom stereocenters. The molecular weight excluding hydrogens is 312 g/mol. The van der Waals surface area contributed by atoms with E-state index in [2.05, 4.69) is 20.5 Å². The molecule has 23 heavy (non-hydrogen) atoms. The third-order valence-corrected chi connectivity index (χ3v) is 3.81. The summed E-state index contributed by atoms with van der Waals surface area (Å²) in [6.45, 7) is 0. The second kappa shape index (κ2) is 6.89. The molecule has 2 aromatic heterocycles. The summed E-state index contributed by atoms with van der Waals surface area (Å²) in [6.07, 6.45) is 5.09. The van der Waals surface area contributed by atoms with Gasteiger partial charge in [-0.15, -0.1) is 11.3 Å². The first-order valence-electron chi connectivity index (χ1n) is 6.78. The lowest BCUT2D eigenvalue weighted by molar-refractivity contribution is 0.412. The Morgan fingerprint density at radius 2 is 2.09 bits per heavy atom. The van der Waals surface area contributed by atoms with E-state index in [4.69, 9.17) is 4.74 Å². The van der Waals surface area contributed by atoms with Crippen LogP contribution in [0.3, 0.4) is 0 Å². The number of anilines is 1. The number of benzene rings is 1. The summed E-state index contributed by atoms with van der Waals surface area (Å²) in [5.74, 6) is 0.818. The zero-order chi connectivity index (χ0) is 16.1. The molecule has 0 amide bonds. The molecule has 0 spiro atoms. The SMILES string of the molecule is COc1ccc(O)c(-c2csc(N/N=C\c3ccncc3)n2)c1. The lowest BCUT2D eigenvalue weighted by Gasteiger charge is -2.04. The van der Waals surface area contributed by atoms with E-state index >= 15 is 0 Å². The van der Waals surface area contributed by atoms with Gasteiger partial charge in [-0.2, -0.15) is 5.10 Å². The summed E-state index contributed by atoms with van der Waals surface area (Å²) in [6, 6.07) is 8.74. The Morgan fingerprint density at radius 1 is 1.26 bits per heavy atom. The first kappa shape index (κ1) is 15.0. The second-order valence-electron chi connectivity index (χ2n) is 4.57. The fraction of sp³-hybridized carbons (Fsp3) is 0.0625. The van der Waals surface area contributed by atoms with Gasteiger partial charge in [0.1, 0.15) is 11.5 Å². The molecule has 3 rings (SSSR count). The summed E-state index contributed by atoms with van der Waals surface area (Å²) < 4.78 is 5.17. The van der Waals surface area contributed by atoms with Crippen LogP contribution < -0.4 is 10.2 Å². The zero-order valence-corrected chi connectivity index (χ0v) is 13.1. The predicted octanol–water partition coefficient (Wildman–Crippen LogP) is 3.37. The van der Waals surface area contributed by atoms with Crippen molar-refractivity contribution in [3.8, 4) is 22.8 Å². The Balaban J connectivity index is 1.75. The molecule has 0 fully saturated rings. The fourth-order valence-electron chi connectivity index (χ4n) is 1.91. The van der Waals surface area contributed by atoms with Crippen molar-refractivity contribution in [2.75, 3.05) is 12.5 Å². The molecule has 2 heterocycles. The molecule has 0 unspecified atom stereocenters. The predicted molar refractivity (Wildman–Crippen MR) is 91.2 cm³/mol. The highest BCUT2D eigenvalue weighted by Gasteiger charge is 2.10. The molecule has 0 saturated heterocycles. The third-order valence-electron chi connectivity index (χ3n) is 3.06. The number of thiazole rings is 1. The first-order chi connectivity index (χ1) is 11.3. The second-order valence-corrected chi connectivity index (χ2v) is 5.43. The lowest BCUT2D eigenvalue weighted by Crippen LogP contribution is -1.90. The standard InChI is InChI=1S/C16H14N4O2S/c1-22-12-2-3-15(21)13(8-12)14-10-23-16(19-14)20-18-9-11-4-6-17-7-5-11/h2-10,21H,1H3,(H,19,20)/b18-9-. The molecule has 3 aromatic rings. The van der Waals surface area contributed by atoms with Gasteiger partial charge in [-0.25, -0.2) is 4.98 Å². The van der Waals surface area contributed by atoms with Gasteiger partial charge in [0.05, 0.1) is 19.0 Å². The number of phenolic OH excluding ortho intramolecular Hbond substituents is 1. The number of hydrazone groups is 1. The Morgan fingerprint density at radius 3 is 2.87 bits per heavy atom. The van der Waals surface area contributed by atoms with E-state index in [1.807, 2.05) is 17.5 Å². The molecule has 0 aliphatic carbocycles. The van der Waals surface area contributed by atoms with E-state index in [1.54, 1.807) is 43.9 Å². The summed E-state index contributed by atoms with van der Waals surface area (Å²) in [5, 5.41) is 16.6. The van der Waals surface area contributed by atoms with Crippen LogP contribution in [-0.4, -0.2) is 28.4 Å². The number of hydrogen-bond acceptors (Lipinski definition) is 7. The summed E-state index contributed by atoms with van der Waals surface area (Å²) in [4.78, 5) is 8.36. The van der Waals surface area contributed by atoms with Gasteiger partial charge in [0.15, 0.2) is 0 Å². The van der Waals surface area contributed by atoms with E-state index in [0.29, 0.717) is 22.1 Å². The quantitative estimate of drug-likeness (QED) is 0.555. The van der Waals surface area contributed by atoms with Crippen molar-refractivity contribution < 1.29 is 9.84 Å². The van der Waals surface area contributed by atoms with Crippen LogP contribution in [0.25, 0.3) is 11.3 Å². The largest absolute Gasteiger partial charge is 0.507 e. The maximum atomic E-state index is 9.97. The number of pyridine rings is 1. The van der Waals surface area contributed by atoms with Crippen molar-refractivity contribution in [2.24, 2.45) is 5.10 Å². The molecule has 7 heteroatoms. The van der Waals surface area contributed by atoms with E-state index in [9.17, 15) is 5.11 Å². The van der Waals surface area contributed by atoms with Crippen LogP contribution in [0.1, 0.15) is 5.56 Å². The number of nitrogens with zero attached hydrogens (tertiary/aromatic N) is 3. The van der Waals surface area contributed by atoms with Crippen molar-refractivity contribution in [3.05, 3.63) is 53.7 Å². The van der Waals surface area contributed by atoms with Crippen LogP contribution >= 0.6 is 11.3 Å². The Kier molecular flexibility index (Phi) is 4.49. The molecule has 116 valence electrons. The summed E-state index contributed by atoms with van der Waals surface area (Å²) in [7, 11) is 1.58. The average molecular weight is 326 g/mol. The monoisotopic (exact) mass is 326 g/mol. The number of hydrogen-bond donors (Lipinski definition) is 2. The maximum absolute atomic E-state index is 9.97. The van der Waals surface area contributed by atoms with Crippen LogP contribution in [0.2, 0.25) is 0 Å². The Labute approximate surface area is 137 Å². The molecule has 0 saturated carbocycles. The number of nitrogens with one attached hydrogen (secondary N) is 1. The number of ether oxygens (including phenoxy) is 1. The van der Waals surface area contributed by atoms with Gasteiger partial charge >= 0.3 is 0 Å². The van der Waals surface area contributed by atoms with Crippen LogP contribution in [0, 0.1) is 0 Å². The topological polar surface area (TPSA) is 79.6 Å². The van der Waals surface area contributed by atoms with E-state index in [-0.39, 0.29) is 5.75 Å². The highest BCUT2D eigenvalue weighted by Crippen LogP contribution is 2.34. The van der Waals surface area contributed by atoms with Crippen molar-refractivity contribution in [1.82, 2.24) is 9.97 Å². The van der Waals surface area contributed by atoms with Gasteiger partial charge < -0.3 is 9.84 Å². The minimum atomic E-state index is 0.155. The van der Waals surface area contributed by atoms with Gasteiger partial charge in [0, 0.05) is 23.3 Å². The van der Waals surface area contributed by atoms with Crippen molar-refractivity contribution in [2.45, 2.75) is 0 Å². The van der Waals surface area contributed by atoms with Gasteiger partial charge in [-0.05, 0) is 35.9 Å². The number of methoxy groups -OCH3 is 1. The fourth-order valence-corrected chi connectivity index (χ4v) is 2.57. The smallest absolute Gasteiger partial charge is 0.203 e. The molecule has 1 aromatic carbocycles. The number of rotatable bonds is 5. The molecule has 2 N–H and O–H groups in total. The molecule has 0 radical (unpaired) electrons. The first-order valence-corrected chi connectivity index (χ1v) is 7.66. The van der Waals surface area contributed by atoms with Crippen LogP contribution in [0.4, 0.5) is 5.13 Å². The minimum Gasteiger partial charge on any atom is -0.507 e. The molecular formula is C16H14N4O2S. The van der Waals surface area contributed by atoms with Crippen LogP contribution in [0.5, 0.6) is 11.5 Å². The van der Waals surface area contributed by atoms with Crippen molar-refractivity contribution in [3.63, 3.8) is 0 Å². The highest BCUT2D eigenvalue weighted by molar-refractivity contribution is 7.14. The Hall–Kier alpha value is -2.93. The minimum absolute atomic E-state index is 0.155. The number of phenols is 1. The zero-order valence-electron chi connectivity index (χ0n) is 12.3. The van der Waals surface area contributed by atoms with Crippen molar-refractivity contribution in [1.29, 1.82) is 0 Å².